The van der Waals surface area contributed by atoms with Crippen LogP contribution in [0.15, 0.2) is 27.4 Å². The molecule has 1 aliphatic carbocycles. The number of methoxy groups -OCH3 is 1. The van der Waals surface area contributed by atoms with Crippen LogP contribution in [0.2, 0.25) is 0 Å². The van der Waals surface area contributed by atoms with Gasteiger partial charge in [-0.15, -0.1) is 0 Å². The maximum absolute atomic E-state index is 11.8. The number of aromatic nitrogens is 1. The van der Waals surface area contributed by atoms with Crippen LogP contribution in [0.4, 0.5) is 0 Å². The molecular weight excluding hydrogens is 248 g/mol. The summed E-state index contributed by atoms with van der Waals surface area (Å²) in [6.45, 7) is 0. The lowest BCUT2D eigenvalue weighted by atomic mass is 9.90. The number of oxazole rings is 1. The molecule has 1 aliphatic rings. The lowest BCUT2D eigenvalue weighted by Gasteiger charge is -2.21. The van der Waals surface area contributed by atoms with Crippen molar-refractivity contribution in [1.29, 1.82) is 0 Å². The molecule has 3 N–H and O–H groups in total. The molecule has 0 aliphatic heterocycles. The van der Waals surface area contributed by atoms with E-state index in [1.165, 1.54) is 7.11 Å². The number of nitrogens with two attached hydrogens (primary N) is 1. The first-order valence-electron chi connectivity index (χ1n) is 6.03. The standard InChI is InChI=1S/C13H14N2O4/c1-18-11(16)13(4-5-13)10(14)7-2-3-9-8(6-7)15-12(17)19-9/h2-3,6,10H,4-5,14H2,1H3,(H,15,17). The van der Waals surface area contributed by atoms with Crippen LogP contribution in [0, 0.1) is 5.41 Å². The number of rotatable bonds is 3. The van der Waals surface area contributed by atoms with Crippen LogP contribution in [0.5, 0.6) is 0 Å². The van der Waals surface area contributed by atoms with E-state index in [2.05, 4.69) is 4.98 Å². The van der Waals surface area contributed by atoms with Crippen molar-refractivity contribution >= 4 is 17.1 Å². The molecule has 1 saturated carbocycles. The van der Waals surface area contributed by atoms with Crippen molar-refractivity contribution in [2.45, 2.75) is 18.9 Å². The summed E-state index contributed by atoms with van der Waals surface area (Å²) < 4.78 is 9.75. The van der Waals surface area contributed by atoms with Gasteiger partial charge in [-0.05, 0) is 30.5 Å². The number of benzene rings is 1. The number of nitrogens with one attached hydrogen (secondary N) is 1. The Morgan fingerprint density at radius 2 is 2.26 bits per heavy atom. The number of carbonyl (C=O) groups excluding carboxylic acids is 1. The molecule has 1 aromatic heterocycles. The van der Waals surface area contributed by atoms with Gasteiger partial charge in [0.1, 0.15) is 0 Å². The largest absolute Gasteiger partial charge is 0.469 e. The first-order valence-corrected chi connectivity index (χ1v) is 6.03. The molecule has 19 heavy (non-hydrogen) atoms. The van der Waals surface area contributed by atoms with Crippen LogP contribution in [-0.2, 0) is 9.53 Å². The minimum Gasteiger partial charge on any atom is -0.469 e. The van der Waals surface area contributed by atoms with Crippen LogP contribution >= 0.6 is 0 Å². The van der Waals surface area contributed by atoms with Gasteiger partial charge in [0.05, 0.1) is 18.0 Å². The summed E-state index contributed by atoms with van der Waals surface area (Å²) >= 11 is 0. The smallest absolute Gasteiger partial charge is 0.417 e. The SMILES string of the molecule is COC(=O)C1(C(N)c2ccc3oc(=O)[nH]c3c2)CC1. The number of hydrogen-bond donors (Lipinski definition) is 2. The maximum Gasteiger partial charge on any atom is 0.417 e. The van der Waals surface area contributed by atoms with Crippen LogP contribution in [0.3, 0.4) is 0 Å². The third-order valence-electron chi connectivity index (χ3n) is 3.78. The van der Waals surface area contributed by atoms with E-state index in [1.807, 2.05) is 0 Å². The fourth-order valence-corrected chi connectivity index (χ4v) is 2.46. The molecule has 100 valence electrons. The molecule has 1 aromatic carbocycles. The highest BCUT2D eigenvalue weighted by molar-refractivity contribution is 5.81. The zero-order chi connectivity index (χ0) is 13.6. The van der Waals surface area contributed by atoms with E-state index in [0.29, 0.717) is 11.1 Å². The molecule has 0 spiro atoms. The molecule has 6 heteroatoms. The third kappa shape index (κ3) is 1.76. The molecular formula is C13H14N2O4. The highest BCUT2D eigenvalue weighted by atomic mass is 16.5. The summed E-state index contributed by atoms with van der Waals surface area (Å²) in [5.74, 6) is -0.782. The summed E-state index contributed by atoms with van der Waals surface area (Å²) in [6, 6.07) is 4.75. The molecule has 1 heterocycles. The summed E-state index contributed by atoms with van der Waals surface area (Å²) in [7, 11) is 1.37. The van der Waals surface area contributed by atoms with Crippen LogP contribution in [-0.4, -0.2) is 18.1 Å². The Labute approximate surface area is 108 Å². The minimum absolute atomic E-state index is 0.277. The van der Waals surface area contributed by atoms with Gasteiger partial charge in [0, 0.05) is 6.04 Å². The van der Waals surface area contributed by atoms with Crippen molar-refractivity contribution in [2.24, 2.45) is 11.1 Å². The predicted octanol–water partition coefficient (Wildman–Crippen LogP) is 1.07. The van der Waals surface area contributed by atoms with Gasteiger partial charge >= 0.3 is 11.7 Å². The quantitative estimate of drug-likeness (QED) is 0.806. The molecule has 1 unspecified atom stereocenters. The molecule has 1 atom stereocenters. The zero-order valence-electron chi connectivity index (χ0n) is 10.4. The van der Waals surface area contributed by atoms with Gasteiger partial charge in [0.25, 0.3) is 0 Å². The van der Waals surface area contributed by atoms with Crippen molar-refractivity contribution in [2.75, 3.05) is 7.11 Å². The molecule has 6 nitrogen and oxygen atoms in total. The predicted molar refractivity (Wildman–Crippen MR) is 67.4 cm³/mol. The van der Waals surface area contributed by atoms with Crippen molar-refractivity contribution in [3.63, 3.8) is 0 Å². The molecule has 0 bridgehead atoms. The van der Waals surface area contributed by atoms with E-state index >= 15 is 0 Å². The molecule has 0 amide bonds. The average Bonchev–Trinajstić information content (AvgIpc) is 3.13. The van der Waals surface area contributed by atoms with Crippen molar-refractivity contribution in [3.05, 3.63) is 34.3 Å². The third-order valence-corrected chi connectivity index (χ3v) is 3.78. The van der Waals surface area contributed by atoms with E-state index in [-0.39, 0.29) is 5.97 Å². The van der Waals surface area contributed by atoms with Gasteiger partial charge in [0.15, 0.2) is 5.58 Å². The highest BCUT2D eigenvalue weighted by Crippen LogP contribution is 2.54. The Bertz CT molecular complexity index is 696. The van der Waals surface area contributed by atoms with Crippen molar-refractivity contribution in [3.8, 4) is 0 Å². The summed E-state index contributed by atoms with van der Waals surface area (Å²) in [4.78, 5) is 25.5. The maximum atomic E-state index is 11.8. The van der Waals surface area contributed by atoms with Gasteiger partial charge in [-0.25, -0.2) is 4.79 Å². The first-order chi connectivity index (χ1) is 9.06. The van der Waals surface area contributed by atoms with Gasteiger partial charge in [-0.3, -0.25) is 9.78 Å². The normalized spacial score (nSPS) is 18.2. The average molecular weight is 262 g/mol. The van der Waals surface area contributed by atoms with E-state index in [4.69, 9.17) is 14.9 Å². The Balaban J connectivity index is 2.00. The Morgan fingerprint density at radius 3 is 2.89 bits per heavy atom. The van der Waals surface area contributed by atoms with Gasteiger partial charge < -0.3 is 14.9 Å². The molecule has 2 aromatic rings. The van der Waals surface area contributed by atoms with Crippen molar-refractivity contribution < 1.29 is 13.9 Å². The van der Waals surface area contributed by atoms with Gasteiger partial charge in [-0.2, -0.15) is 0 Å². The van der Waals surface area contributed by atoms with E-state index in [0.717, 1.165) is 18.4 Å². The second-order valence-corrected chi connectivity index (χ2v) is 4.90. The molecule has 0 saturated heterocycles. The fourth-order valence-electron chi connectivity index (χ4n) is 2.46. The van der Waals surface area contributed by atoms with Crippen LogP contribution < -0.4 is 11.5 Å². The van der Waals surface area contributed by atoms with E-state index in [1.54, 1.807) is 18.2 Å². The monoisotopic (exact) mass is 262 g/mol. The molecule has 0 radical (unpaired) electrons. The number of ether oxygens (including phenoxy) is 1. The van der Waals surface area contributed by atoms with Gasteiger partial charge in [-0.1, -0.05) is 6.07 Å². The molecule has 3 rings (SSSR count). The van der Waals surface area contributed by atoms with Crippen LogP contribution in [0.25, 0.3) is 11.1 Å². The summed E-state index contributed by atoms with van der Waals surface area (Å²) in [6.07, 6.45) is 1.45. The zero-order valence-corrected chi connectivity index (χ0v) is 10.4. The van der Waals surface area contributed by atoms with E-state index in [9.17, 15) is 9.59 Å². The lowest BCUT2D eigenvalue weighted by molar-refractivity contribution is -0.148. The molecule has 1 fully saturated rings. The second-order valence-electron chi connectivity index (χ2n) is 4.90. The number of H-pyrrole nitrogens is 1. The number of aromatic amines is 1. The Morgan fingerprint density at radius 1 is 1.53 bits per heavy atom. The van der Waals surface area contributed by atoms with Crippen LogP contribution in [0.1, 0.15) is 24.4 Å². The number of esters is 1. The number of carbonyl (C=O) groups is 1. The summed E-state index contributed by atoms with van der Waals surface area (Å²) in [5.41, 5.74) is 7.41. The minimum atomic E-state index is -0.619. The first kappa shape index (κ1) is 12.0. The van der Waals surface area contributed by atoms with Gasteiger partial charge in [0.2, 0.25) is 0 Å². The Hall–Kier alpha value is -2.08. The fraction of sp³-hybridized carbons (Fsp3) is 0.385. The Kier molecular flexibility index (Phi) is 2.50. The topological polar surface area (TPSA) is 98.3 Å². The highest BCUT2D eigenvalue weighted by Gasteiger charge is 2.56. The van der Waals surface area contributed by atoms with Crippen molar-refractivity contribution in [1.82, 2.24) is 4.98 Å². The summed E-state index contributed by atoms with van der Waals surface area (Å²) in [5, 5.41) is 0. The second kappa shape index (κ2) is 3.96. The number of fused-ring (bicyclic) bond motifs is 1. The number of hydrogen-bond acceptors (Lipinski definition) is 5. The lowest BCUT2D eigenvalue weighted by Crippen LogP contribution is -2.31. The van der Waals surface area contributed by atoms with E-state index < -0.39 is 17.2 Å².